The van der Waals surface area contributed by atoms with Gasteiger partial charge in [0.05, 0.1) is 6.61 Å². The molecule has 3 heteroatoms. The SMILES string of the molecule is [C]1=CCOCNO1. The van der Waals surface area contributed by atoms with Crippen molar-refractivity contribution >= 4 is 0 Å². The van der Waals surface area contributed by atoms with Crippen LogP contribution in [0.5, 0.6) is 0 Å². The van der Waals surface area contributed by atoms with Crippen molar-refractivity contribution in [3.8, 4) is 0 Å². The standard InChI is InChI=1S/C4H6NO2/c1-2-6-4-5-7-3-1/h1,5H,2,4H2. The van der Waals surface area contributed by atoms with Gasteiger partial charge in [-0.25, -0.2) is 0 Å². The zero-order valence-corrected chi connectivity index (χ0v) is 3.81. The van der Waals surface area contributed by atoms with E-state index >= 15 is 0 Å². The van der Waals surface area contributed by atoms with Crippen molar-refractivity contribution in [2.45, 2.75) is 0 Å². The van der Waals surface area contributed by atoms with Gasteiger partial charge in [0.1, 0.15) is 6.73 Å². The van der Waals surface area contributed by atoms with Crippen LogP contribution < -0.4 is 5.48 Å². The first kappa shape index (κ1) is 4.61. The van der Waals surface area contributed by atoms with E-state index in [1.807, 2.05) is 0 Å². The van der Waals surface area contributed by atoms with Gasteiger partial charge in [-0.3, -0.25) is 0 Å². The lowest BCUT2D eigenvalue weighted by Crippen LogP contribution is -2.12. The van der Waals surface area contributed by atoms with E-state index in [2.05, 4.69) is 16.6 Å². The summed E-state index contributed by atoms with van der Waals surface area (Å²) in [5.41, 5.74) is 2.48. The number of hydrogen-bond donors (Lipinski definition) is 1. The third-order valence-electron chi connectivity index (χ3n) is 0.577. The van der Waals surface area contributed by atoms with Crippen molar-refractivity contribution in [1.82, 2.24) is 5.48 Å². The van der Waals surface area contributed by atoms with Crippen molar-refractivity contribution in [2.75, 3.05) is 13.3 Å². The first-order valence-electron chi connectivity index (χ1n) is 2.04. The number of hydroxylamine groups is 1. The summed E-state index contributed by atoms with van der Waals surface area (Å²) in [6, 6.07) is 0. The minimum absolute atomic E-state index is 0.434. The normalized spacial score (nSPS) is 20.6. The summed E-state index contributed by atoms with van der Waals surface area (Å²) in [7, 11) is 0. The van der Waals surface area contributed by atoms with Crippen molar-refractivity contribution < 1.29 is 9.57 Å². The van der Waals surface area contributed by atoms with E-state index in [1.165, 1.54) is 0 Å². The van der Waals surface area contributed by atoms with E-state index in [-0.39, 0.29) is 0 Å². The summed E-state index contributed by atoms with van der Waals surface area (Å²) in [5.74, 6) is 0. The van der Waals surface area contributed by atoms with Crippen LogP contribution in [0, 0.1) is 6.26 Å². The van der Waals surface area contributed by atoms with Crippen LogP contribution in [0.2, 0.25) is 0 Å². The van der Waals surface area contributed by atoms with Crippen molar-refractivity contribution in [1.29, 1.82) is 0 Å². The van der Waals surface area contributed by atoms with Crippen LogP contribution in [0.25, 0.3) is 0 Å². The fourth-order valence-electron chi connectivity index (χ4n) is 0.306. The molecule has 1 N–H and O–H groups in total. The smallest absolute Gasteiger partial charge is 0.189 e. The van der Waals surface area contributed by atoms with Gasteiger partial charge < -0.3 is 9.57 Å². The molecule has 0 aromatic rings. The van der Waals surface area contributed by atoms with E-state index < -0.39 is 0 Å². The van der Waals surface area contributed by atoms with Crippen molar-refractivity contribution in [3.05, 3.63) is 12.3 Å². The molecule has 1 heterocycles. The van der Waals surface area contributed by atoms with E-state index in [1.54, 1.807) is 6.08 Å². The molecule has 7 heavy (non-hydrogen) atoms. The van der Waals surface area contributed by atoms with Crippen LogP contribution in [0.3, 0.4) is 0 Å². The summed E-state index contributed by atoms with van der Waals surface area (Å²) in [6.45, 7) is 1.01. The van der Waals surface area contributed by atoms with Gasteiger partial charge in [-0.1, -0.05) is 0 Å². The Morgan fingerprint density at radius 3 is 3.71 bits per heavy atom. The van der Waals surface area contributed by atoms with Crippen LogP contribution in [-0.4, -0.2) is 13.3 Å². The Morgan fingerprint density at radius 2 is 2.71 bits per heavy atom. The van der Waals surface area contributed by atoms with Gasteiger partial charge >= 0.3 is 0 Å². The molecule has 0 aliphatic carbocycles. The molecule has 0 unspecified atom stereocenters. The largest absolute Gasteiger partial charge is 0.403 e. The number of hydrogen-bond acceptors (Lipinski definition) is 3. The zero-order valence-electron chi connectivity index (χ0n) is 3.81. The molecule has 1 aliphatic heterocycles. The first-order chi connectivity index (χ1) is 3.50. The number of nitrogens with one attached hydrogen (secondary N) is 1. The molecular weight excluding hydrogens is 94.0 g/mol. The predicted molar refractivity (Wildman–Crippen MR) is 22.9 cm³/mol. The Bertz CT molecular complexity index is 64.1. The lowest BCUT2D eigenvalue weighted by atomic mass is 10.7. The molecule has 1 radical (unpaired) electrons. The van der Waals surface area contributed by atoms with Gasteiger partial charge in [0.15, 0.2) is 6.26 Å². The van der Waals surface area contributed by atoms with Crippen molar-refractivity contribution in [2.24, 2.45) is 0 Å². The molecule has 0 atom stereocenters. The molecule has 3 nitrogen and oxygen atoms in total. The van der Waals surface area contributed by atoms with Gasteiger partial charge in [0.25, 0.3) is 0 Å². The highest BCUT2D eigenvalue weighted by atomic mass is 16.7. The molecule has 0 fully saturated rings. The average molecular weight is 100 g/mol. The van der Waals surface area contributed by atoms with Gasteiger partial charge in [-0.2, -0.15) is 0 Å². The molecule has 0 saturated heterocycles. The fraction of sp³-hybridized carbons (Fsp3) is 0.500. The Hall–Kier alpha value is -0.540. The van der Waals surface area contributed by atoms with Crippen LogP contribution in [-0.2, 0) is 9.57 Å². The molecule has 0 bridgehead atoms. The third kappa shape index (κ3) is 1.57. The summed E-state index contributed by atoms with van der Waals surface area (Å²) in [6.07, 6.45) is 4.15. The van der Waals surface area contributed by atoms with Crippen LogP contribution in [0.1, 0.15) is 0 Å². The van der Waals surface area contributed by atoms with E-state index in [0.29, 0.717) is 13.3 Å². The van der Waals surface area contributed by atoms with Gasteiger partial charge in [-0.15, -0.1) is 5.48 Å². The maximum absolute atomic E-state index is 4.84. The monoisotopic (exact) mass is 100 g/mol. The second-order valence-corrected chi connectivity index (χ2v) is 1.08. The van der Waals surface area contributed by atoms with Crippen molar-refractivity contribution in [3.63, 3.8) is 0 Å². The second kappa shape index (κ2) is 2.60. The first-order valence-corrected chi connectivity index (χ1v) is 2.04. The molecular formula is C4H6NO2. The van der Waals surface area contributed by atoms with Crippen LogP contribution in [0.15, 0.2) is 6.08 Å². The molecule has 39 valence electrons. The number of rotatable bonds is 0. The maximum Gasteiger partial charge on any atom is 0.189 e. The quantitative estimate of drug-likeness (QED) is 0.457. The lowest BCUT2D eigenvalue weighted by Gasteiger charge is -1.94. The molecule has 0 spiro atoms. The molecule has 1 aliphatic rings. The van der Waals surface area contributed by atoms with Gasteiger partial charge in [-0.05, 0) is 6.08 Å². The molecule has 0 amide bonds. The average Bonchev–Trinajstić information content (AvgIpc) is 1.90. The third-order valence-corrected chi connectivity index (χ3v) is 0.577. The summed E-state index contributed by atoms with van der Waals surface area (Å²) >= 11 is 0. The summed E-state index contributed by atoms with van der Waals surface area (Å²) < 4.78 is 4.84. The second-order valence-electron chi connectivity index (χ2n) is 1.08. The van der Waals surface area contributed by atoms with Crippen LogP contribution >= 0.6 is 0 Å². The Balaban J connectivity index is 2.20. The minimum Gasteiger partial charge on any atom is -0.403 e. The molecule has 1 rings (SSSR count). The Kier molecular flexibility index (Phi) is 1.72. The highest BCUT2D eigenvalue weighted by molar-refractivity contribution is 4.65. The number of ether oxygens (including phenoxy) is 1. The maximum atomic E-state index is 4.84. The molecule has 0 saturated carbocycles. The lowest BCUT2D eigenvalue weighted by molar-refractivity contribution is 0.0314. The minimum atomic E-state index is 0.434. The van der Waals surface area contributed by atoms with E-state index in [0.717, 1.165) is 0 Å². The van der Waals surface area contributed by atoms with E-state index in [4.69, 9.17) is 4.74 Å². The van der Waals surface area contributed by atoms with Gasteiger partial charge in [0.2, 0.25) is 0 Å². The van der Waals surface area contributed by atoms with E-state index in [9.17, 15) is 0 Å². The highest BCUT2D eigenvalue weighted by Crippen LogP contribution is 1.79. The predicted octanol–water partition coefficient (Wildman–Crippen LogP) is -0.188. The zero-order chi connectivity index (χ0) is 4.95. The molecule has 0 aromatic heterocycles. The highest BCUT2D eigenvalue weighted by Gasteiger charge is 1.86. The van der Waals surface area contributed by atoms with Gasteiger partial charge in [0, 0.05) is 0 Å². The molecule has 0 aromatic carbocycles. The summed E-state index contributed by atoms with van der Waals surface area (Å²) in [4.78, 5) is 4.51. The topological polar surface area (TPSA) is 30.5 Å². The van der Waals surface area contributed by atoms with Crippen LogP contribution in [0.4, 0.5) is 0 Å². The fourth-order valence-corrected chi connectivity index (χ4v) is 0.306. The summed E-state index contributed by atoms with van der Waals surface area (Å²) in [5, 5.41) is 0. The Morgan fingerprint density at radius 1 is 1.71 bits per heavy atom. The Labute approximate surface area is 41.9 Å².